The minimum Gasteiger partial charge on any atom is -0.389 e. The molecule has 1 unspecified atom stereocenters. The third-order valence-electron chi connectivity index (χ3n) is 2.72. The lowest BCUT2D eigenvalue weighted by molar-refractivity contribution is 0.0252. The molecule has 1 rings (SSSR count). The zero-order valence-corrected chi connectivity index (χ0v) is 11.6. The summed E-state index contributed by atoms with van der Waals surface area (Å²) in [6.07, 6.45) is -0.449. The maximum absolute atomic E-state index is 9.77. The van der Waals surface area contributed by atoms with Gasteiger partial charge < -0.3 is 15.2 Å². The van der Waals surface area contributed by atoms with E-state index in [0.717, 1.165) is 0 Å². The van der Waals surface area contributed by atoms with E-state index in [0.29, 0.717) is 25.7 Å². The first-order valence-electron chi connectivity index (χ1n) is 6.63. The van der Waals surface area contributed by atoms with Gasteiger partial charge in [0.05, 0.1) is 12.7 Å². The van der Waals surface area contributed by atoms with Gasteiger partial charge in [0.25, 0.3) is 0 Å². The second-order valence-electron chi connectivity index (χ2n) is 5.13. The molecule has 1 aromatic rings. The molecule has 102 valence electrons. The number of rotatable bonds is 8. The Balaban J connectivity index is 2.20. The zero-order valence-electron chi connectivity index (χ0n) is 11.6. The van der Waals surface area contributed by atoms with Crippen LogP contribution in [-0.4, -0.2) is 31.0 Å². The van der Waals surface area contributed by atoms with E-state index < -0.39 is 6.10 Å². The Hall–Kier alpha value is -0.900. The van der Waals surface area contributed by atoms with Crippen LogP contribution in [0.4, 0.5) is 0 Å². The monoisotopic (exact) mass is 251 g/mol. The van der Waals surface area contributed by atoms with Crippen molar-refractivity contribution in [3.8, 4) is 0 Å². The van der Waals surface area contributed by atoms with Gasteiger partial charge in [0.15, 0.2) is 0 Å². The van der Waals surface area contributed by atoms with E-state index in [1.54, 1.807) is 0 Å². The number of hydrogen-bond acceptors (Lipinski definition) is 3. The van der Waals surface area contributed by atoms with Crippen LogP contribution < -0.4 is 5.32 Å². The number of ether oxygens (including phenoxy) is 1. The molecule has 0 aliphatic heterocycles. The minimum absolute atomic E-state index is 0.242. The summed E-state index contributed by atoms with van der Waals surface area (Å²) in [5.41, 5.74) is 1.23. The molecule has 0 heterocycles. The number of aliphatic hydroxyl groups excluding tert-OH is 1. The normalized spacial score (nSPS) is 14.7. The topological polar surface area (TPSA) is 41.5 Å². The molecule has 1 aromatic carbocycles. The highest BCUT2D eigenvalue weighted by molar-refractivity contribution is 5.17. The van der Waals surface area contributed by atoms with Crippen molar-refractivity contribution in [2.24, 2.45) is 5.92 Å². The lowest BCUT2D eigenvalue weighted by Crippen LogP contribution is -2.32. The first kappa shape index (κ1) is 15.2. The van der Waals surface area contributed by atoms with Gasteiger partial charge in [-0.25, -0.2) is 0 Å². The maximum atomic E-state index is 9.77. The van der Waals surface area contributed by atoms with Gasteiger partial charge >= 0.3 is 0 Å². The summed E-state index contributed by atoms with van der Waals surface area (Å²) in [6.45, 7) is 7.94. The SMILES string of the molecule is CC(C)COCC(O)CN[C@H](C)c1ccccc1. The molecule has 0 bridgehead atoms. The third kappa shape index (κ3) is 6.15. The van der Waals surface area contributed by atoms with Crippen molar-refractivity contribution < 1.29 is 9.84 Å². The van der Waals surface area contributed by atoms with Crippen molar-refractivity contribution in [3.63, 3.8) is 0 Å². The average molecular weight is 251 g/mol. The first-order valence-corrected chi connectivity index (χ1v) is 6.63. The van der Waals surface area contributed by atoms with Gasteiger partial charge in [-0.3, -0.25) is 0 Å². The third-order valence-corrected chi connectivity index (χ3v) is 2.72. The summed E-state index contributed by atoms with van der Waals surface area (Å²) in [5, 5.41) is 13.1. The Kier molecular flexibility index (Phi) is 6.94. The van der Waals surface area contributed by atoms with E-state index in [1.165, 1.54) is 5.56 Å². The summed E-state index contributed by atoms with van der Waals surface area (Å²) >= 11 is 0. The van der Waals surface area contributed by atoms with Crippen molar-refractivity contribution in [2.75, 3.05) is 19.8 Å². The molecule has 0 aliphatic carbocycles. The van der Waals surface area contributed by atoms with Crippen LogP contribution in [0.1, 0.15) is 32.4 Å². The molecule has 0 amide bonds. The van der Waals surface area contributed by atoms with E-state index in [9.17, 15) is 5.11 Å². The summed E-state index contributed by atoms with van der Waals surface area (Å²) < 4.78 is 5.40. The van der Waals surface area contributed by atoms with Crippen molar-refractivity contribution in [2.45, 2.75) is 32.9 Å². The van der Waals surface area contributed by atoms with Crippen LogP contribution in [0.5, 0.6) is 0 Å². The Morgan fingerprint density at radius 2 is 1.78 bits per heavy atom. The molecule has 3 nitrogen and oxygen atoms in total. The fraction of sp³-hybridized carbons (Fsp3) is 0.600. The van der Waals surface area contributed by atoms with Crippen LogP contribution in [-0.2, 0) is 4.74 Å². The molecule has 0 spiro atoms. The number of aliphatic hydroxyl groups is 1. The standard InChI is InChI=1S/C15H25NO2/c1-12(2)10-18-11-15(17)9-16-13(3)14-7-5-4-6-8-14/h4-8,12-13,15-17H,9-11H2,1-3H3/t13-,15?/m1/s1. The second kappa shape index (κ2) is 8.25. The van der Waals surface area contributed by atoms with Gasteiger partial charge in [-0.2, -0.15) is 0 Å². The van der Waals surface area contributed by atoms with Crippen LogP contribution >= 0.6 is 0 Å². The van der Waals surface area contributed by atoms with Crippen LogP contribution in [0.25, 0.3) is 0 Å². The molecule has 0 aromatic heterocycles. The molecular weight excluding hydrogens is 226 g/mol. The average Bonchev–Trinajstić information content (AvgIpc) is 2.36. The van der Waals surface area contributed by atoms with E-state index in [2.05, 4.69) is 38.2 Å². The predicted molar refractivity (Wildman–Crippen MR) is 74.5 cm³/mol. The molecular formula is C15H25NO2. The molecule has 0 fully saturated rings. The Labute approximate surface area is 110 Å². The highest BCUT2D eigenvalue weighted by Crippen LogP contribution is 2.10. The molecule has 2 atom stereocenters. The van der Waals surface area contributed by atoms with Gasteiger partial charge in [-0.15, -0.1) is 0 Å². The van der Waals surface area contributed by atoms with E-state index in [4.69, 9.17) is 4.74 Å². The van der Waals surface area contributed by atoms with Crippen molar-refractivity contribution in [3.05, 3.63) is 35.9 Å². The fourth-order valence-electron chi connectivity index (χ4n) is 1.67. The van der Waals surface area contributed by atoms with Gasteiger partial charge in [-0.05, 0) is 18.4 Å². The van der Waals surface area contributed by atoms with Crippen LogP contribution in [0.15, 0.2) is 30.3 Å². The highest BCUT2D eigenvalue weighted by Gasteiger charge is 2.08. The van der Waals surface area contributed by atoms with E-state index in [1.807, 2.05) is 18.2 Å². The molecule has 3 heteroatoms. The second-order valence-corrected chi connectivity index (χ2v) is 5.13. The van der Waals surface area contributed by atoms with E-state index in [-0.39, 0.29) is 6.04 Å². The Morgan fingerprint density at radius 1 is 1.11 bits per heavy atom. The molecule has 2 N–H and O–H groups in total. The van der Waals surface area contributed by atoms with Crippen LogP contribution in [0, 0.1) is 5.92 Å². The summed E-state index contributed by atoms with van der Waals surface area (Å²) in [4.78, 5) is 0. The van der Waals surface area contributed by atoms with Gasteiger partial charge in [0, 0.05) is 19.2 Å². The number of benzene rings is 1. The number of hydrogen-bond donors (Lipinski definition) is 2. The molecule has 0 aliphatic rings. The summed E-state index contributed by atoms with van der Waals surface area (Å²) in [5.74, 6) is 0.508. The maximum Gasteiger partial charge on any atom is 0.0897 e. The molecule has 0 saturated carbocycles. The van der Waals surface area contributed by atoms with Gasteiger partial charge in [0.1, 0.15) is 0 Å². The van der Waals surface area contributed by atoms with E-state index >= 15 is 0 Å². The van der Waals surface area contributed by atoms with Crippen LogP contribution in [0.2, 0.25) is 0 Å². The van der Waals surface area contributed by atoms with Gasteiger partial charge in [-0.1, -0.05) is 44.2 Å². The lowest BCUT2D eigenvalue weighted by Gasteiger charge is -2.18. The first-order chi connectivity index (χ1) is 8.59. The predicted octanol–water partition coefficient (Wildman–Crippen LogP) is 2.37. The quantitative estimate of drug-likeness (QED) is 0.745. The zero-order chi connectivity index (χ0) is 13.4. The van der Waals surface area contributed by atoms with Crippen molar-refractivity contribution >= 4 is 0 Å². The molecule has 0 saturated heterocycles. The Bertz CT molecular complexity index is 314. The number of nitrogens with one attached hydrogen (secondary N) is 1. The van der Waals surface area contributed by atoms with Gasteiger partial charge in [0.2, 0.25) is 0 Å². The summed E-state index contributed by atoms with van der Waals surface area (Å²) in [6, 6.07) is 10.5. The fourth-order valence-corrected chi connectivity index (χ4v) is 1.67. The van der Waals surface area contributed by atoms with Crippen molar-refractivity contribution in [1.29, 1.82) is 0 Å². The van der Waals surface area contributed by atoms with Crippen molar-refractivity contribution in [1.82, 2.24) is 5.32 Å². The molecule has 18 heavy (non-hydrogen) atoms. The summed E-state index contributed by atoms with van der Waals surface area (Å²) in [7, 11) is 0. The Morgan fingerprint density at radius 3 is 2.39 bits per heavy atom. The highest BCUT2D eigenvalue weighted by atomic mass is 16.5. The molecule has 0 radical (unpaired) electrons. The lowest BCUT2D eigenvalue weighted by atomic mass is 10.1. The van der Waals surface area contributed by atoms with Crippen LogP contribution in [0.3, 0.4) is 0 Å². The minimum atomic E-state index is -0.449. The smallest absolute Gasteiger partial charge is 0.0897 e. The largest absolute Gasteiger partial charge is 0.389 e.